The van der Waals surface area contributed by atoms with E-state index in [1.165, 1.54) is 7.11 Å². The molecule has 0 bridgehead atoms. The number of nitrogens with zero attached hydrogens (tertiary/aromatic N) is 2. The molecule has 1 amide bonds. The normalized spacial score (nSPS) is 24.9. The number of hydrogen-bond donors (Lipinski definition) is 2. The fraction of sp³-hybridized carbons (Fsp3) is 0.537. The highest BCUT2D eigenvalue weighted by Crippen LogP contribution is 2.62. The Bertz CT molecular complexity index is 1640. The number of allylic oxidation sites excluding steroid dienone is 1. The molecule has 1 fully saturated rings. The molecule has 12 heteroatoms. The topological polar surface area (TPSA) is 146 Å². The van der Waals surface area contributed by atoms with E-state index in [1.54, 1.807) is 43.1 Å². The van der Waals surface area contributed by atoms with Crippen LogP contribution in [0.15, 0.2) is 65.9 Å². The summed E-state index contributed by atoms with van der Waals surface area (Å²) in [6.07, 6.45) is 9.06. The van der Waals surface area contributed by atoms with Gasteiger partial charge in [-0.2, -0.15) is 0 Å². The molecule has 5 rings (SSSR count). The van der Waals surface area contributed by atoms with Gasteiger partial charge in [-0.05, 0) is 93.3 Å². The summed E-state index contributed by atoms with van der Waals surface area (Å²) < 4.78 is 31.2. The molecule has 0 aromatic heterocycles. The van der Waals surface area contributed by atoms with Crippen LogP contribution in [-0.2, 0) is 14.3 Å². The lowest BCUT2D eigenvalue weighted by molar-refractivity contribution is -0.253. The lowest BCUT2D eigenvalue weighted by Gasteiger charge is -2.59. The van der Waals surface area contributed by atoms with Crippen LogP contribution in [0.4, 0.5) is 4.79 Å². The first-order valence-corrected chi connectivity index (χ1v) is 18.7. The van der Waals surface area contributed by atoms with Crippen LogP contribution in [-0.4, -0.2) is 92.2 Å². The number of benzene rings is 2. The Kier molecular flexibility index (Phi) is 14.0. The Morgan fingerprint density at radius 2 is 1.79 bits per heavy atom. The summed E-state index contributed by atoms with van der Waals surface area (Å²) in [6.45, 7) is 8.50. The third kappa shape index (κ3) is 8.40. The van der Waals surface area contributed by atoms with E-state index in [1.807, 2.05) is 25.1 Å². The lowest BCUT2D eigenvalue weighted by Crippen LogP contribution is -2.69. The molecule has 0 saturated heterocycles. The van der Waals surface area contributed by atoms with Gasteiger partial charge in [-0.15, -0.1) is 6.58 Å². The number of oxime groups is 1. The number of methoxy groups -OCH3 is 1. The van der Waals surface area contributed by atoms with Crippen molar-refractivity contribution in [3.8, 4) is 23.0 Å². The van der Waals surface area contributed by atoms with Gasteiger partial charge in [0, 0.05) is 38.2 Å². The minimum Gasteiger partial charge on any atom is -0.496 e. The van der Waals surface area contributed by atoms with Gasteiger partial charge in [-0.25, -0.2) is 4.79 Å². The first kappa shape index (κ1) is 39.8. The second-order valence-electron chi connectivity index (χ2n) is 13.6. The van der Waals surface area contributed by atoms with Crippen LogP contribution in [0.5, 0.6) is 23.0 Å². The number of fused-ring (bicyclic) bond motifs is 2. The molecule has 2 aromatic rings. The maximum atomic E-state index is 13.5. The first-order chi connectivity index (χ1) is 25.8. The summed E-state index contributed by atoms with van der Waals surface area (Å²) in [6, 6.07) is 10.1. The first-order valence-electron chi connectivity index (χ1n) is 18.7. The summed E-state index contributed by atoms with van der Waals surface area (Å²) in [7, 11) is 3.21. The zero-order valence-electron chi connectivity index (χ0n) is 31.3. The third-order valence-electron chi connectivity index (χ3n) is 10.5. The third-order valence-corrected chi connectivity index (χ3v) is 10.5. The van der Waals surface area contributed by atoms with Gasteiger partial charge in [0.2, 0.25) is 5.79 Å². The van der Waals surface area contributed by atoms with Crippen LogP contribution in [0, 0.1) is 17.8 Å². The molecule has 0 radical (unpaired) electrons. The summed E-state index contributed by atoms with van der Waals surface area (Å²) in [5.41, 5.74) is 2.93. The van der Waals surface area contributed by atoms with E-state index in [-0.39, 0.29) is 50.6 Å². The molecular weight excluding hydrogens is 680 g/mol. The highest BCUT2D eigenvalue weighted by Gasteiger charge is 2.65. The number of likely N-dealkylation sites (N-methyl/N-ethyl adjacent to an activating group) is 1. The Morgan fingerprint density at radius 3 is 2.47 bits per heavy atom. The van der Waals surface area contributed by atoms with Crippen molar-refractivity contribution < 1.29 is 48.3 Å². The molecule has 2 aliphatic carbocycles. The smallest absolute Gasteiger partial charge is 0.409 e. The molecule has 12 nitrogen and oxygen atoms in total. The standard InChI is InChI=1S/C41H54N2O10/c1-6-21-50-41-37(43(4)40(47)49-7-2)25-34(42-51-8-3)32-23-27(13-9-11-19-44)31(14-10-12-20-45)38(39(32)41)33-24-30(16-18-36(33)53-41)52-29-15-17-35(48-5)28(22-29)26-46/h6,15-18,22-24,26-27,31,37-39,44-45H,1,7-14,19-21,25H2,2-5H3/t27-,31+,37-,38+,39+,41+/m0/s1. The number of rotatable bonds is 19. The molecular formula is C41H54N2O10. The number of aliphatic hydroxyl groups is 2. The maximum absolute atomic E-state index is 13.5. The average molecular weight is 735 g/mol. The largest absolute Gasteiger partial charge is 0.496 e. The number of ether oxygens (including phenoxy) is 5. The van der Waals surface area contributed by atoms with Gasteiger partial charge in [-0.1, -0.05) is 30.1 Å². The Hall–Kier alpha value is -4.39. The molecule has 1 heterocycles. The predicted octanol–water partition coefficient (Wildman–Crippen LogP) is 7.04. The van der Waals surface area contributed by atoms with Gasteiger partial charge in [0.05, 0.1) is 37.5 Å². The lowest BCUT2D eigenvalue weighted by atomic mass is 9.55. The van der Waals surface area contributed by atoms with Crippen LogP contribution in [0.3, 0.4) is 0 Å². The molecule has 1 saturated carbocycles. The van der Waals surface area contributed by atoms with Gasteiger partial charge >= 0.3 is 6.09 Å². The molecule has 2 N–H and O–H groups in total. The van der Waals surface area contributed by atoms with Gasteiger partial charge in [0.1, 0.15) is 35.6 Å². The number of unbranched alkanes of at least 4 members (excludes halogenated alkanes) is 2. The molecule has 1 aliphatic heterocycles. The average Bonchev–Trinajstić information content (AvgIpc) is 3.17. The maximum Gasteiger partial charge on any atom is 0.409 e. The van der Waals surface area contributed by atoms with E-state index in [9.17, 15) is 19.8 Å². The molecule has 53 heavy (non-hydrogen) atoms. The Labute approximate surface area is 312 Å². The molecule has 288 valence electrons. The second-order valence-corrected chi connectivity index (χ2v) is 13.6. The van der Waals surface area contributed by atoms with Crippen molar-refractivity contribution >= 4 is 18.1 Å². The monoisotopic (exact) mass is 734 g/mol. The zero-order chi connectivity index (χ0) is 38.0. The van der Waals surface area contributed by atoms with Crippen molar-refractivity contribution in [2.24, 2.45) is 22.9 Å². The fourth-order valence-corrected chi connectivity index (χ4v) is 8.29. The van der Waals surface area contributed by atoms with E-state index >= 15 is 0 Å². The summed E-state index contributed by atoms with van der Waals surface area (Å²) in [5.74, 6) is 0.189. The number of carbonyl (C=O) groups is 2. The molecule has 0 unspecified atom stereocenters. The Morgan fingerprint density at radius 1 is 1.06 bits per heavy atom. The van der Waals surface area contributed by atoms with Crippen molar-refractivity contribution in [1.29, 1.82) is 0 Å². The van der Waals surface area contributed by atoms with E-state index < -0.39 is 23.8 Å². The number of hydrogen-bond acceptors (Lipinski definition) is 11. The Balaban J connectivity index is 1.74. The van der Waals surface area contributed by atoms with Crippen molar-refractivity contribution in [2.75, 3.05) is 47.2 Å². The summed E-state index contributed by atoms with van der Waals surface area (Å²) >= 11 is 0. The van der Waals surface area contributed by atoms with Gasteiger partial charge in [0.25, 0.3) is 0 Å². The van der Waals surface area contributed by atoms with E-state index in [0.717, 1.165) is 43.1 Å². The van der Waals surface area contributed by atoms with Crippen LogP contribution < -0.4 is 14.2 Å². The SMILES string of the molecule is C=CCO[C@@]12Oc3ccc(Oc4ccc(OC)c(C=O)c4)cc3[C@H]3[C@H](CCCCO)[C@@H](CCCCO)C=C(C(=NOCC)C[C@@H]1N(C)C(=O)OCC)[C@H]32. The van der Waals surface area contributed by atoms with Crippen LogP contribution in [0.25, 0.3) is 0 Å². The minimum atomic E-state index is -1.37. The van der Waals surface area contributed by atoms with E-state index in [0.29, 0.717) is 53.7 Å². The van der Waals surface area contributed by atoms with E-state index in [4.69, 9.17) is 28.5 Å². The highest BCUT2D eigenvalue weighted by atomic mass is 16.7. The number of aliphatic hydroxyl groups excluding tert-OH is 2. The van der Waals surface area contributed by atoms with Crippen molar-refractivity contribution in [1.82, 2.24) is 4.90 Å². The van der Waals surface area contributed by atoms with E-state index in [2.05, 4.69) is 17.8 Å². The van der Waals surface area contributed by atoms with Crippen LogP contribution >= 0.6 is 0 Å². The predicted molar refractivity (Wildman–Crippen MR) is 200 cm³/mol. The van der Waals surface area contributed by atoms with Crippen molar-refractivity contribution in [3.63, 3.8) is 0 Å². The number of amides is 1. The number of aldehydes is 1. The van der Waals surface area contributed by atoms with Gasteiger partial charge in [-0.3, -0.25) is 4.79 Å². The molecule has 3 aliphatic rings. The molecule has 0 spiro atoms. The summed E-state index contributed by atoms with van der Waals surface area (Å²) in [4.78, 5) is 32.6. The van der Waals surface area contributed by atoms with Gasteiger partial charge < -0.3 is 43.6 Å². The van der Waals surface area contributed by atoms with Crippen molar-refractivity contribution in [3.05, 3.63) is 71.8 Å². The zero-order valence-corrected chi connectivity index (χ0v) is 31.3. The second kappa shape index (κ2) is 18.6. The van der Waals surface area contributed by atoms with Gasteiger partial charge in [0.15, 0.2) is 6.29 Å². The highest BCUT2D eigenvalue weighted by molar-refractivity contribution is 6.03. The van der Waals surface area contributed by atoms with Crippen LogP contribution in [0.2, 0.25) is 0 Å². The number of carbonyl (C=O) groups excluding carboxylic acids is 2. The van der Waals surface area contributed by atoms with Crippen LogP contribution in [0.1, 0.15) is 80.6 Å². The molecule has 2 aromatic carbocycles. The minimum absolute atomic E-state index is 0.0567. The summed E-state index contributed by atoms with van der Waals surface area (Å²) in [5, 5.41) is 24.2. The molecule has 6 atom stereocenters. The fourth-order valence-electron chi connectivity index (χ4n) is 8.29. The quantitative estimate of drug-likeness (QED) is 0.0667. The van der Waals surface area contributed by atoms with Crippen molar-refractivity contribution in [2.45, 2.75) is 76.5 Å².